The van der Waals surface area contributed by atoms with Crippen molar-refractivity contribution in [1.29, 1.82) is 0 Å². The molecule has 0 aliphatic rings. The fourth-order valence-electron chi connectivity index (χ4n) is 3.24. The van der Waals surface area contributed by atoms with Gasteiger partial charge in [0, 0.05) is 17.2 Å². The molecule has 0 atom stereocenters. The molecule has 1 aromatic heterocycles. The third-order valence-electron chi connectivity index (χ3n) is 5.10. The molecule has 24 heavy (non-hydrogen) atoms. The zero-order valence-electron chi connectivity index (χ0n) is 16.8. The lowest BCUT2D eigenvalue weighted by Crippen LogP contribution is -2.32. The summed E-state index contributed by atoms with van der Waals surface area (Å²) in [6.45, 7) is 16.0. The summed E-state index contributed by atoms with van der Waals surface area (Å²) < 4.78 is 2.27. The number of hydrogen-bond acceptors (Lipinski definition) is 0. The lowest BCUT2D eigenvalue weighted by molar-refractivity contribution is -0.660. The van der Waals surface area contributed by atoms with Gasteiger partial charge in [-0.1, -0.05) is 53.7 Å². The van der Waals surface area contributed by atoms with E-state index in [1.165, 1.54) is 27.9 Å². The molecule has 1 heterocycles. The quantitative estimate of drug-likeness (QED) is 0.629. The summed E-state index contributed by atoms with van der Waals surface area (Å²) in [5, 5.41) is 0. The smallest absolute Gasteiger partial charge is 0.201 e. The molecule has 0 aliphatic heterocycles. The number of aromatic nitrogens is 1. The second-order valence-corrected chi connectivity index (χ2v) is 9.04. The van der Waals surface area contributed by atoms with E-state index in [2.05, 4.69) is 96.6 Å². The molecule has 0 spiro atoms. The summed E-state index contributed by atoms with van der Waals surface area (Å²) in [7, 11) is 2.16. The molecule has 0 saturated carbocycles. The van der Waals surface area contributed by atoms with Gasteiger partial charge in [0.05, 0.1) is 0 Å². The molecule has 0 bridgehead atoms. The van der Waals surface area contributed by atoms with E-state index < -0.39 is 0 Å². The predicted molar refractivity (Wildman–Crippen MR) is 104 cm³/mol. The average molecular weight is 325 g/mol. The highest BCUT2D eigenvalue weighted by atomic mass is 14.9. The summed E-state index contributed by atoms with van der Waals surface area (Å²) in [6, 6.07) is 11.5. The topological polar surface area (TPSA) is 3.88 Å². The summed E-state index contributed by atoms with van der Waals surface area (Å²) in [6.07, 6.45) is 4.54. The van der Waals surface area contributed by atoms with Crippen LogP contribution in [0.15, 0.2) is 36.5 Å². The van der Waals surface area contributed by atoms with Gasteiger partial charge in [-0.15, -0.1) is 0 Å². The molecular formula is C23H34N+. The Morgan fingerprint density at radius 3 is 2.12 bits per heavy atom. The van der Waals surface area contributed by atoms with Crippen LogP contribution in [0.4, 0.5) is 0 Å². The Morgan fingerprint density at radius 2 is 1.62 bits per heavy atom. The molecule has 1 heteroatoms. The van der Waals surface area contributed by atoms with Crippen molar-refractivity contribution in [2.24, 2.45) is 12.5 Å². The second-order valence-electron chi connectivity index (χ2n) is 9.04. The largest absolute Gasteiger partial charge is 0.212 e. The molecule has 130 valence electrons. The number of benzene rings is 1. The maximum Gasteiger partial charge on any atom is 0.212 e. The highest BCUT2D eigenvalue weighted by molar-refractivity contribution is 5.62. The van der Waals surface area contributed by atoms with Crippen molar-refractivity contribution in [2.45, 2.75) is 66.7 Å². The van der Waals surface area contributed by atoms with E-state index in [4.69, 9.17) is 0 Å². The van der Waals surface area contributed by atoms with E-state index >= 15 is 0 Å². The van der Waals surface area contributed by atoms with Crippen molar-refractivity contribution in [3.05, 3.63) is 53.2 Å². The van der Waals surface area contributed by atoms with Crippen LogP contribution in [0.3, 0.4) is 0 Å². The van der Waals surface area contributed by atoms with Crippen molar-refractivity contribution >= 4 is 0 Å². The van der Waals surface area contributed by atoms with E-state index in [1.54, 1.807) is 0 Å². The molecular weight excluding hydrogens is 290 g/mol. The van der Waals surface area contributed by atoms with Gasteiger partial charge in [-0.3, -0.25) is 0 Å². The molecule has 0 N–H and O–H groups in total. The van der Waals surface area contributed by atoms with Crippen molar-refractivity contribution < 1.29 is 4.57 Å². The van der Waals surface area contributed by atoms with Crippen molar-refractivity contribution in [2.75, 3.05) is 0 Å². The van der Waals surface area contributed by atoms with Gasteiger partial charge in [-0.2, -0.15) is 0 Å². The van der Waals surface area contributed by atoms with Crippen molar-refractivity contribution in [1.82, 2.24) is 0 Å². The first-order valence-electron chi connectivity index (χ1n) is 9.13. The molecule has 1 aromatic carbocycles. The first kappa shape index (κ1) is 18.7. The molecule has 2 rings (SSSR count). The van der Waals surface area contributed by atoms with E-state index in [0.29, 0.717) is 5.41 Å². The van der Waals surface area contributed by atoms with Crippen LogP contribution >= 0.6 is 0 Å². The number of hydrogen-bond donors (Lipinski definition) is 0. The highest BCUT2D eigenvalue weighted by Crippen LogP contribution is 2.31. The van der Waals surface area contributed by atoms with E-state index in [-0.39, 0.29) is 5.41 Å². The normalized spacial score (nSPS) is 12.5. The van der Waals surface area contributed by atoms with Gasteiger partial charge in [0.2, 0.25) is 5.69 Å². The summed E-state index contributed by atoms with van der Waals surface area (Å²) in [4.78, 5) is 0. The predicted octanol–water partition coefficient (Wildman–Crippen LogP) is 5.76. The second kappa shape index (κ2) is 6.70. The minimum atomic E-state index is 0.238. The molecule has 0 unspecified atom stereocenters. The fourth-order valence-corrected chi connectivity index (χ4v) is 3.24. The molecule has 2 aromatic rings. The zero-order chi connectivity index (χ0) is 18.1. The van der Waals surface area contributed by atoms with E-state index in [1.807, 2.05) is 0 Å². The summed E-state index contributed by atoms with van der Waals surface area (Å²) >= 11 is 0. The van der Waals surface area contributed by atoms with Gasteiger partial charge in [0.15, 0.2) is 6.20 Å². The van der Waals surface area contributed by atoms with Crippen LogP contribution in [0.1, 0.15) is 64.7 Å². The fraction of sp³-hybridized carbons (Fsp3) is 0.522. The van der Waals surface area contributed by atoms with Crippen LogP contribution in [0.25, 0.3) is 11.3 Å². The Balaban J connectivity index is 2.39. The summed E-state index contributed by atoms with van der Waals surface area (Å²) in [5.41, 5.74) is 7.35. The van der Waals surface area contributed by atoms with Crippen LogP contribution < -0.4 is 4.57 Å². The molecule has 0 saturated heterocycles. The number of nitrogens with zero attached hydrogens (tertiary/aromatic N) is 1. The van der Waals surface area contributed by atoms with Gasteiger partial charge >= 0.3 is 0 Å². The van der Waals surface area contributed by atoms with Crippen molar-refractivity contribution in [3.63, 3.8) is 0 Å². The highest BCUT2D eigenvalue weighted by Gasteiger charge is 2.21. The maximum absolute atomic E-state index is 2.36. The Morgan fingerprint density at radius 1 is 0.958 bits per heavy atom. The maximum atomic E-state index is 2.36. The van der Waals surface area contributed by atoms with Crippen LogP contribution in [0.5, 0.6) is 0 Å². The van der Waals surface area contributed by atoms with Crippen LogP contribution in [-0.4, -0.2) is 0 Å². The van der Waals surface area contributed by atoms with Crippen LogP contribution in [0.2, 0.25) is 0 Å². The molecule has 0 aliphatic carbocycles. The third-order valence-corrected chi connectivity index (χ3v) is 5.10. The lowest BCUT2D eigenvalue weighted by Gasteiger charge is -2.24. The van der Waals surface area contributed by atoms with Gasteiger partial charge in [-0.25, -0.2) is 4.57 Å². The minimum absolute atomic E-state index is 0.238. The molecule has 1 nitrogen and oxygen atoms in total. The molecule has 0 fully saturated rings. The zero-order valence-corrected chi connectivity index (χ0v) is 16.8. The Hall–Kier alpha value is -1.63. The summed E-state index contributed by atoms with van der Waals surface area (Å²) in [5.74, 6) is 0. The van der Waals surface area contributed by atoms with E-state index in [0.717, 1.165) is 12.8 Å². The number of rotatable bonds is 4. The number of pyridine rings is 1. The Labute approximate surface area is 148 Å². The van der Waals surface area contributed by atoms with Crippen LogP contribution in [0, 0.1) is 12.3 Å². The third kappa shape index (κ3) is 4.26. The number of aryl methyl sites for hydroxylation is 2. The SMILES string of the molecule is CCC(C)(C)c1ccc(-c2ccc(CC(C)(C)C)c[n+]2C)c(C)c1. The van der Waals surface area contributed by atoms with Gasteiger partial charge in [0.1, 0.15) is 7.05 Å². The lowest BCUT2D eigenvalue weighted by atomic mass is 9.81. The average Bonchev–Trinajstić information content (AvgIpc) is 2.46. The minimum Gasteiger partial charge on any atom is -0.201 e. The first-order valence-corrected chi connectivity index (χ1v) is 9.13. The Bertz CT molecular complexity index is 717. The van der Waals surface area contributed by atoms with E-state index in [9.17, 15) is 0 Å². The molecule has 0 radical (unpaired) electrons. The van der Waals surface area contributed by atoms with Crippen molar-refractivity contribution in [3.8, 4) is 11.3 Å². The Kier molecular flexibility index (Phi) is 5.22. The van der Waals surface area contributed by atoms with Gasteiger partial charge in [-0.05, 0) is 53.9 Å². The standard InChI is InChI=1S/C23H34N/c1-9-23(6,7)19-11-12-20(17(2)14-19)21-13-10-18(16-24(21)8)15-22(3,4)5/h10-14,16H,9,15H2,1-8H3/q+1. The monoisotopic (exact) mass is 324 g/mol. The van der Waals surface area contributed by atoms with Gasteiger partial charge < -0.3 is 0 Å². The first-order chi connectivity index (χ1) is 11.0. The van der Waals surface area contributed by atoms with Gasteiger partial charge in [0.25, 0.3) is 0 Å². The molecule has 0 amide bonds. The van der Waals surface area contributed by atoms with Crippen LogP contribution in [-0.2, 0) is 18.9 Å².